The average Bonchev–Trinajstić information content (AvgIpc) is 2.73. The van der Waals surface area contributed by atoms with Crippen LogP contribution in [-0.4, -0.2) is 23.9 Å². The number of carbonyl (C=O) groups excluding carboxylic acids is 1. The fourth-order valence-electron chi connectivity index (χ4n) is 3.58. The molecular weight excluding hydrogens is 391 g/mol. The number of para-hydroxylation sites is 1. The average molecular weight is 413 g/mol. The number of benzene rings is 2. The second-order valence-electron chi connectivity index (χ2n) is 7.32. The van der Waals surface area contributed by atoms with Gasteiger partial charge in [0.05, 0.1) is 11.3 Å². The molecule has 4 nitrogen and oxygen atoms in total. The zero-order chi connectivity index (χ0) is 21.6. The molecule has 0 unspecified atom stereocenters. The van der Waals surface area contributed by atoms with Gasteiger partial charge in [0.25, 0.3) is 5.91 Å². The van der Waals surface area contributed by atoms with Crippen molar-refractivity contribution in [2.24, 2.45) is 5.92 Å². The van der Waals surface area contributed by atoms with Crippen molar-refractivity contribution in [1.29, 1.82) is 5.26 Å². The molecular formula is C23H22F3N3O. The summed E-state index contributed by atoms with van der Waals surface area (Å²) in [6.07, 6.45) is -0.325. The normalized spacial score (nSPS) is 15.5. The Hall–Kier alpha value is -3.27. The number of nitrogens with one attached hydrogen (secondary N) is 1. The summed E-state index contributed by atoms with van der Waals surface area (Å²) in [4.78, 5) is 14.3. The van der Waals surface area contributed by atoms with Crippen LogP contribution in [0.1, 0.15) is 24.0 Å². The van der Waals surface area contributed by atoms with Crippen LogP contribution < -0.4 is 5.32 Å². The number of hydrogen-bond acceptors (Lipinski definition) is 3. The highest BCUT2D eigenvalue weighted by molar-refractivity contribution is 6.06. The van der Waals surface area contributed by atoms with Crippen LogP contribution in [0.25, 0.3) is 0 Å². The predicted octanol–water partition coefficient (Wildman–Crippen LogP) is 5.01. The lowest BCUT2D eigenvalue weighted by atomic mass is 9.90. The number of rotatable bonds is 5. The molecule has 1 amide bonds. The van der Waals surface area contributed by atoms with Crippen molar-refractivity contribution in [2.45, 2.75) is 25.4 Å². The Labute approximate surface area is 173 Å². The van der Waals surface area contributed by atoms with Crippen molar-refractivity contribution in [2.75, 3.05) is 18.4 Å². The molecule has 1 heterocycles. The molecule has 1 aliphatic heterocycles. The summed E-state index contributed by atoms with van der Waals surface area (Å²) >= 11 is 0. The maximum Gasteiger partial charge on any atom is 0.418 e. The number of nitrogens with zero attached hydrogens (tertiary/aromatic N) is 2. The van der Waals surface area contributed by atoms with E-state index in [0.717, 1.165) is 25.3 Å². The fourth-order valence-corrected chi connectivity index (χ4v) is 3.58. The van der Waals surface area contributed by atoms with Crippen LogP contribution >= 0.6 is 0 Å². The summed E-state index contributed by atoms with van der Waals surface area (Å²) in [6.45, 7) is 1.38. The highest BCUT2D eigenvalue weighted by atomic mass is 19.4. The van der Waals surface area contributed by atoms with E-state index in [1.54, 1.807) is 6.07 Å². The van der Waals surface area contributed by atoms with E-state index in [-0.39, 0.29) is 11.3 Å². The van der Waals surface area contributed by atoms with Crippen LogP contribution in [0.3, 0.4) is 0 Å². The summed E-state index contributed by atoms with van der Waals surface area (Å²) in [5.74, 6) is -0.323. The molecule has 0 bridgehead atoms. The Kier molecular flexibility index (Phi) is 6.78. The van der Waals surface area contributed by atoms with Crippen LogP contribution in [0.5, 0.6) is 0 Å². The van der Waals surface area contributed by atoms with Crippen LogP contribution in [0.15, 0.2) is 66.4 Å². The molecule has 0 atom stereocenters. The van der Waals surface area contributed by atoms with Gasteiger partial charge in [-0.2, -0.15) is 18.4 Å². The van der Waals surface area contributed by atoms with Gasteiger partial charge < -0.3 is 10.2 Å². The summed E-state index contributed by atoms with van der Waals surface area (Å²) in [7, 11) is 0. The third kappa shape index (κ3) is 5.63. The van der Waals surface area contributed by atoms with Crippen molar-refractivity contribution in [3.63, 3.8) is 0 Å². The van der Waals surface area contributed by atoms with Gasteiger partial charge in [0, 0.05) is 19.3 Å². The molecule has 7 heteroatoms. The minimum Gasteiger partial charge on any atom is -0.376 e. The Morgan fingerprint density at radius 1 is 1.10 bits per heavy atom. The Balaban J connectivity index is 1.61. The number of hydrogen-bond donors (Lipinski definition) is 1. The third-order valence-electron chi connectivity index (χ3n) is 5.17. The first-order valence-corrected chi connectivity index (χ1v) is 9.74. The molecule has 1 N–H and O–H groups in total. The monoisotopic (exact) mass is 413 g/mol. The highest BCUT2D eigenvalue weighted by Crippen LogP contribution is 2.34. The SMILES string of the molecule is N#C/C(=C/N1CCC(Cc2ccccc2)CC1)C(=O)Nc1ccccc1C(F)(F)F. The lowest BCUT2D eigenvalue weighted by Crippen LogP contribution is -2.31. The van der Waals surface area contributed by atoms with Crippen molar-refractivity contribution < 1.29 is 18.0 Å². The lowest BCUT2D eigenvalue weighted by Gasteiger charge is -2.31. The van der Waals surface area contributed by atoms with Crippen molar-refractivity contribution >= 4 is 11.6 Å². The summed E-state index contributed by atoms with van der Waals surface area (Å²) in [5, 5.41) is 11.6. The van der Waals surface area contributed by atoms with Gasteiger partial charge in [-0.15, -0.1) is 0 Å². The van der Waals surface area contributed by atoms with Crippen LogP contribution in [0.4, 0.5) is 18.9 Å². The van der Waals surface area contributed by atoms with E-state index >= 15 is 0 Å². The topological polar surface area (TPSA) is 56.1 Å². The molecule has 156 valence electrons. The molecule has 2 aromatic rings. The first-order valence-electron chi connectivity index (χ1n) is 9.74. The largest absolute Gasteiger partial charge is 0.418 e. The van der Waals surface area contributed by atoms with Crippen molar-refractivity contribution in [3.05, 3.63) is 77.5 Å². The molecule has 3 rings (SSSR count). The number of carbonyl (C=O) groups is 1. The van der Waals surface area contributed by atoms with E-state index in [1.807, 2.05) is 23.1 Å². The minimum atomic E-state index is -4.60. The van der Waals surface area contributed by atoms with E-state index in [9.17, 15) is 23.2 Å². The van der Waals surface area contributed by atoms with Gasteiger partial charge in [-0.3, -0.25) is 4.79 Å². The molecule has 1 fully saturated rings. The fraction of sp³-hybridized carbons (Fsp3) is 0.304. The molecule has 0 aliphatic carbocycles. The van der Waals surface area contributed by atoms with E-state index in [2.05, 4.69) is 17.4 Å². The summed E-state index contributed by atoms with van der Waals surface area (Å²) in [5.41, 5.74) is -0.240. The van der Waals surface area contributed by atoms with E-state index in [1.165, 1.54) is 30.0 Å². The van der Waals surface area contributed by atoms with Gasteiger partial charge in [0.1, 0.15) is 11.6 Å². The lowest BCUT2D eigenvalue weighted by molar-refractivity contribution is -0.137. The minimum absolute atomic E-state index is 0.214. The third-order valence-corrected chi connectivity index (χ3v) is 5.17. The predicted molar refractivity (Wildman–Crippen MR) is 108 cm³/mol. The quantitative estimate of drug-likeness (QED) is 0.554. The second-order valence-corrected chi connectivity index (χ2v) is 7.32. The molecule has 1 aliphatic rings. The van der Waals surface area contributed by atoms with Gasteiger partial charge >= 0.3 is 6.18 Å². The molecule has 0 saturated carbocycles. The Bertz CT molecular complexity index is 940. The van der Waals surface area contributed by atoms with Crippen molar-refractivity contribution in [1.82, 2.24) is 4.90 Å². The van der Waals surface area contributed by atoms with E-state index in [4.69, 9.17) is 0 Å². The number of amides is 1. The van der Waals surface area contributed by atoms with Gasteiger partial charge in [-0.1, -0.05) is 42.5 Å². The maximum atomic E-state index is 13.1. The zero-order valence-electron chi connectivity index (χ0n) is 16.3. The second kappa shape index (κ2) is 9.49. The number of alkyl halides is 3. The molecule has 1 saturated heterocycles. The number of halogens is 3. The maximum absolute atomic E-state index is 13.1. The number of anilines is 1. The zero-order valence-corrected chi connectivity index (χ0v) is 16.3. The Morgan fingerprint density at radius 3 is 2.37 bits per heavy atom. The first-order chi connectivity index (χ1) is 14.4. The van der Waals surface area contributed by atoms with Gasteiger partial charge in [0.15, 0.2) is 0 Å². The molecule has 30 heavy (non-hydrogen) atoms. The van der Waals surface area contributed by atoms with Crippen LogP contribution in [0, 0.1) is 17.2 Å². The number of likely N-dealkylation sites (tertiary alicyclic amines) is 1. The highest BCUT2D eigenvalue weighted by Gasteiger charge is 2.33. The Morgan fingerprint density at radius 2 is 1.73 bits per heavy atom. The summed E-state index contributed by atoms with van der Waals surface area (Å²) in [6, 6.07) is 16.7. The molecule has 0 aromatic heterocycles. The van der Waals surface area contributed by atoms with Crippen LogP contribution in [0.2, 0.25) is 0 Å². The first kappa shape index (κ1) is 21.4. The smallest absolute Gasteiger partial charge is 0.376 e. The van der Waals surface area contributed by atoms with E-state index < -0.39 is 17.6 Å². The van der Waals surface area contributed by atoms with E-state index in [0.29, 0.717) is 19.0 Å². The molecule has 0 spiro atoms. The molecule has 0 radical (unpaired) electrons. The number of nitriles is 1. The van der Waals surface area contributed by atoms with Crippen LogP contribution in [-0.2, 0) is 17.4 Å². The summed E-state index contributed by atoms with van der Waals surface area (Å²) < 4.78 is 39.3. The van der Waals surface area contributed by atoms with Crippen molar-refractivity contribution in [3.8, 4) is 6.07 Å². The van der Waals surface area contributed by atoms with Gasteiger partial charge in [-0.25, -0.2) is 0 Å². The number of piperidine rings is 1. The van der Waals surface area contributed by atoms with Gasteiger partial charge in [0.2, 0.25) is 0 Å². The molecule has 2 aromatic carbocycles. The van der Waals surface area contributed by atoms with Gasteiger partial charge in [-0.05, 0) is 42.9 Å². The standard InChI is InChI=1S/C23H22F3N3O/c24-23(25,26)20-8-4-5-9-21(20)28-22(30)19(15-27)16-29-12-10-18(11-13-29)14-17-6-2-1-3-7-17/h1-9,16,18H,10-14H2,(H,28,30)/b19-16-.